The van der Waals surface area contributed by atoms with Crippen LogP contribution in [0.4, 0.5) is 10.6 Å². The van der Waals surface area contributed by atoms with Gasteiger partial charge >= 0.3 is 6.03 Å². The van der Waals surface area contributed by atoms with Crippen molar-refractivity contribution in [1.29, 1.82) is 0 Å². The first kappa shape index (κ1) is 16.1. The molecule has 2 N–H and O–H groups in total. The number of anilines is 1. The van der Waals surface area contributed by atoms with Gasteiger partial charge in [0, 0.05) is 31.5 Å². The van der Waals surface area contributed by atoms with Crippen LogP contribution in [-0.4, -0.2) is 47.1 Å². The summed E-state index contributed by atoms with van der Waals surface area (Å²) >= 11 is 0. The Morgan fingerprint density at radius 3 is 2.88 bits per heavy atom. The maximum atomic E-state index is 12.2. The topological polar surface area (TPSA) is 92.5 Å². The molecule has 3 rings (SSSR count). The number of hydrogen-bond donors (Lipinski definition) is 2. The molecule has 0 bridgehead atoms. The highest BCUT2D eigenvalue weighted by Gasteiger charge is 2.23. The number of aromatic nitrogens is 2. The third-order valence-corrected chi connectivity index (χ3v) is 3.97. The van der Waals surface area contributed by atoms with Crippen LogP contribution in [0.5, 0.6) is 5.88 Å². The summed E-state index contributed by atoms with van der Waals surface area (Å²) in [6, 6.07) is 3.82. The molecule has 24 heavy (non-hydrogen) atoms. The van der Waals surface area contributed by atoms with Gasteiger partial charge in [-0.2, -0.15) is 0 Å². The molecule has 2 amide bonds. The number of piperidine rings is 1. The molecule has 0 saturated carbocycles. The van der Waals surface area contributed by atoms with Crippen LogP contribution in [0.15, 0.2) is 35.2 Å². The first-order valence-electron chi connectivity index (χ1n) is 7.93. The fraction of sp³-hybridized carbons (Fsp3) is 0.438. The van der Waals surface area contributed by atoms with Crippen molar-refractivity contribution in [1.82, 2.24) is 20.2 Å². The van der Waals surface area contributed by atoms with Crippen LogP contribution in [0.1, 0.15) is 18.6 Å². The fourth-order valence-corrected chi connectivity index (χ4v) is 2.68. The van der Waals surface area contributed by atoms with Gasteiger partial charge in [0.25, 0.3) is 5.88 Å². The predicted molar refractivity (Wildman–Crippen MR) is 87.7 cm³/mol. The van der Waals surface area contributed by atoms with E-state index in [0.29, 0.717) is 31.3 Å². The number of methoxy groups -OCH3 is 1. The third kappa shape index (κ3) is 3.95. The van der Waals surface area contributed by atoms with Crippen LogP contribution >= 0.6 is 0 Å². The van der Waals surface area contributed by atoms with E-state index < -0.39 is 0 Å². The smallest absolute Gasteiger partial charge is 0.317 e. The van der Waals surface area contributed by atoms with Crippen molar-refractivity contribution in [2.45, 2.75) is 25.4 Å². The van der Waals surface area contributed by atoms with E-state index in [-0.39, 0.29) is 12.1 Å². The normalized spacial score (nSPS) is 15.1. The van der Waals surface area contributed by atoms with Gasteiger partial charge in [-0.05, 0) is 25.0 Å². The Balaban J connectivity index is 1.46. The maximum Gasteiger partial charge on any atom is 0.317 e. The largest absolute Gasteiger partial charge is 0.478 e. The third-order valence-electron chi connectivity index (χ3n) is 3.97. The zero-order chi connectivity index (χ0) is 16.8. The lowest BCUT2D eigenvalue weighted by Gasteiger charge is -2.32. The molecule has 0 aliphatic carbocycles. The van der Waals surface area contributed by atoms with E-state index in [2.05, 4.69) is 20.6 Å². The zero-order valence-corrected chi connectivity index (χ0v) is 13.6. The van der Waals surface area contributed by atoms with Crippen LogP contribution in [0.3, 0.4) is 0 Å². The number of nitrogens with one attached hydrogen (secondary N) is 2. The first-order valence-corrected chi connectivity index (χ1v) is 7.93. The molecule has 3 heterocycles. The van der Waals surface area contributed by atoms with Crippen molar-refractivity contribution in [3.8, 4) is 5.88 Å². The minimum atomic E-state index is -0.0677. The van der Waals surface area contributed by atoms with Crippen LogP contribution in [-0.2, 0) is 6.54 Å². The van der Waals surface area contributed by atoms with Crippen molar-refractivity contribution in [3.05, 3.63) is 36.5 Å². The van der Waals surface area contributed by atoms with Gasteiger partial charge < -0.3 is 24.7 Å². The SMILES string of the molecule is COc1nccnc1NC1CCN(C(=O)NCc2ccco2)CC1. The van der Waals surface area contributed by atoms with Gasteiger partial charge in [0.05, 0.1) is 19.9 Å². The monoisotopic (exact) mass is 331 g/mol. The fourth-order valence-electron chi connectivity index (χ4n) is 2.68. The Kier molecular flexibility index (Phi) is 5.15. The Morgan fingerprint density at radius 2 is 2.17 bits per heavy atom. The highest BCUT2D eigenvalue weighted by molar-refractivity contribution is 5.74. The number of hydrogen-bond acceptors (Lipinski definition) is 6. The van der Waals surface area contributed by atoms with E-state index >= 15 is 0 Å². The molecule has 0 atom stereocenters. The molecule has 1 fully saturated rings. The minimum absolute atomic E-state index is 0.0677. The molecule has 1 aliphatic heterocycles. The first-order chi connectivity index (χ1) is 11.8. The predicted octanol–water partition coefficient (Wildman–Crippen LogP) is 1.86. The summed E-state index contributed by atoms with van der Waals surface area (Å²) in [6.07, 6.45) is 6.50. The summed E-state index contributed by atoms with van der Waals surface area (Å²) in [4.78, 5) is 22.4. The number of furan rings is 1. The summed E-state index contributed by atoms with van der Waals surface area (Å²) in [5, 5.41) is 6.21. The number of nitrogens with zero attached hydrogens (tertiary/aromatic N) is 3. The molecule has 0 radical (unpaired) electrons. The number of carbonyl (C=O) groups is 1. The van der Waals surface area contributed by atoms with Gasteiger partial charge in [0.2, 0.25) is 0 Å². The summed E-state index contributed by atoms with van der Waals surface area (Å²) in [7, 11) is 1.57. The van der Waals surface area contributed by atoms with Crippen molar-refractivity contribution in [3.63, 3.8) is 0 Å². The molecule has 2 aromatic rings. The summed E-state index contributed by atoms with van der Waals surface area (Å²) in [5.41, 5.74) is 0. The molecular formula is C16H21N5O3. The Labute approximate surface area is 140 Å². The van der Waals surface area contributed by atoms with Crippen molar-refractivity contribution in [2.24, 2.45) is 0 Å². The van der Waals surface area contributed by atoms with E-state index in [9.17, 15) is 4.79 Å². The van der Waals surface area contributed by atoms with Gasteiger partial charge in [-0.25, -0.2) is 14.8 Å². The van der Waals surface area contributed by atoms with E-state index in [4.69, 9.17) is 9.15 Å². The lowest BCUT2D eigenvalue weighted by atomic mass is 10.1. The van der Waals surface area contributed by atoms with Gasteiger partial charge in [-0.1, -0.05) is 0 Å². The molecule has 1 aliphatic rings. The van der Waals surface area contributed by atoms with Crippen LogP contribution < -0.4 is 15.4 Å². The van der Waals surface area contributed by atoms with E-state index in [1.807, 2.05) is 11.0 Å². The standard InChI is InChI=1S/C16H21N5O3/c1-23-15-14(17-6-7-18-15)20-12-4-8-21(9-5-12)16(22)19-11-13-3-2-10-24-13/h2-3,6-7,10,12H,4-5,8-9,11H2,1H3,(H,17,20)(H,19,22). The van der Waals surface area contributed by atoms with E-state index in [1.165, 1.54) is 0 Å². The highest BCUT2D eigenvalue weighted by Crippen LogP contribution is 2.21. The number of carbonyl (C=O) groups excluding carboxylic acids is 1. The molecule has 8 nitrogen and oxygen atoms in total. The molecule has 0 aromatic carbocycles. The Morgan fingerprint density at radius 1 is 1.38 bits per heavy atom. The van der Waals surface area contributed by atoms with Gasteiger partial charge in [0.15, 0.2) is 5.82 Å². The summed E-state index contributed by atoms with van der Waals surface area (Å²) in [5.74, 6) is 1.87. The van der Waals surface area contributed by atoms with Gasteiger partial charge in [-0.15, -0.1) is 0 Å². The number of ether oxygens (including phenoxy) is 1. The second-order valence-corrected chi connectivity index (χ2v) is 5.56. The van der Waals surface area contributed by atoms with Crippen molar-refractivity contribution >= 4 is 11.8 Å². The van der Waals surface area contributed by atoms with Crippen molar-refractivity contribution < 1.29 is 13.9 Å². The lowest BCUT2D eigenvalue weighted by Crippen LogP contribution is -2.46. The van der Waals surface area contributed by atoms with Crippen LogP contribution in [0.2, 0.25) is 0 Å². The maximum absolute atomic E-state index is 12.2. The molecule has 128 valence electrons. The molecule has 0 unspecified atom stereocenters. The van der Waals surface area contributed by atoms with Gasteiger partial charge in [0.1, 0.15) is 5.76 Å². The Hall–Kier alpha value is -2.77. The van der Waals surface area contributed by atoms with Crippen LogP contribution in [0.25, 0.3) is 0 Å². The summed E-state index contributed by atoms with van der Waals surface area (Å²) in [6.45, 7) is 1.77. The quantitative estimate of drug-likeness (QED) is 0.869. The van der Waals surface area contributed by atoms with Gasteiger partial charge in [-0.3, -0.25) is 0 Å². The molecule has 8 heteroatoms. The van der Waals surface area contributed by atoms with E-state index in [0.717, 1.165) is 18.6 Å². The molecule has 1 saturated heterocycles. The highest BCUT2D eigenvalue weighted by atomic mass is 16.5. The second-order valence-electron chi connectivity index (χ2n) is 5.56. The lowest BCUT2D eigenvalue weighted by molar-refractivity contribution is 0.182. The number of likely N-dealkylation sites (tertiary alicyclic amines) is 1. The average molecular weight is 331 g/mol. The average Bonchev–Trinajstić information content (AvgIpc) is 3.14. The number of amides is 2. The molecular weight excluding hydrogens is 310 g/mol. The zero-order valence-electron chi connectivity index (χ0n) is 13.6. The van der Waals surface area contributed by atoms with E-state index in [1.54, 1.807) is 31.8 Å². The number of rotatable bonds is 5. The second kappa shape index (κ2) is 7.67. The minimum Gasteiger partial charge on any atom is -0.478 e. The molecule has 0 spiro atoms. The molecule has 2 aromatic heterocycles. The summed E-state index contributed by atoms with van der Waals surface area (Å²) < 4.78 is 10.4. The van der Waals surface area contributed by atoms with Crippen LogP contribution in [0, 0.1) is 0 Å². The number of urea groups is 1. The van der Waals surface area contributed by atoms with Crippen molar-refractivity contribution in [2.75, 3.05) is 25.5 Å². The Bertz CT molecular complexity index is 653.